The van der Waals surface area contributed by atoms with Gasteiger partial charge in [-0.15, -0.1) is 0 Å². The van der Waals surface area contributed by atoms with Crippen molar-refractivity contribution >= 4 is 28.2 Å². The lowest BCUT2D eigenvalue weighted by atomic mass is 10.1. The van der Waals surface area contributed by atoms with E-state index in [0.717, 1.165) is 5.52 Å². The van der Waals surface area contributed by atoms with E-state index in [4.69, 9.17) is 30.3 Å². The highest BCUT2D eigenvalue weighted by atomic mass is 19.1. The van der Waals surface area contributed by atoms with E-state index in [1.807, 2.05) is 39.0 Å². The molecular formula is C27H30FN5O3. The molecule has 0 spiro atoms. The van der Waals surface area contributed by atoms with Gasteiger partial charge in [0.2, 0.25) is 0 Å². The Kier molecular flexibility index (Phi) is 7.28. The number of para-hydroxylation sites is 1. The topological polar surface area (TPSA) is 109 Å². The third kappa shape index (κ3) is 5.19. The first-order chi connectivity index (χ1) is 17.3. The number of halogens is 1. The van der Waals surface area contributed by atoms with Crippen LogP contribution < -0.4 is 24.8 Å². The van der Waals surface area contributed by atoms with Crippen LogP contribution in [0.5, 0.6) is 17.2 Å². The minimum atomic E-state index is -0.517. The van der Waals surface area contributed by atoms with E-state index in [9.17, 15) is 0 Å². The zero-order chi connectivity index (χ0) is 25.8. The molecule has 8 nitrogen and oxygen atoms in total. The molecule has 1 aromatic heterocycles. The van der Waals surface area contributed by atoms with Crippen molar-refractivity contribution in [2.24, 2.45) is 5.73 Å². The molecule has 4 rings (SSSR count). The molecule has 0 fully saturated rings. The van der Waals surface area contributed by atoms with Crippen molar-refractivity contribution in [1.29, 1.82) is 5.41 Å². The Labute approximate surface area is 209 Å². The van der Waals surface area contributed by atoms with Crippen molar-refractivity contribution in [3.63, 3.8) is 0 Å². The number of hydrogen-bond donors (Lipinski definition) is 3. The van der Waals surface area contributed by atoms with E-state index in [-0.39, 0.29) is 29.9 Å². The van der Waals surface area contributed by atoms with Crippen LogP contribution in [0.15, 0.2) is 54.6 Å². The SMILES string of the molecule is CCOc1cc(OC(C)C)c(F)c(N(Cc2nc3c(OC)cccc3[nH]2)c2ccc(C(=N)N)cc2)c1. The molecule has 0 amide bonds. The molecule has 0 bridgehead atoms. The highest BCUT2D eigenvalue weighted by molar-refractivity contribution is 5.95. The van der Waals surface area contributed by atoms with E-state index in [2.05, 4.69) is 4.98 Å². The second-order valence-corrected chi connectivity index (χ2v) is 8.44. The van der Waals surface area contributed by atoms with Gasteiger partial charge in [0.05, 0.1) is 37.6 Å². The number of aromatic amines is 1. The fraction of sp³-hybridized carbons (Fsp3) is 0.259. The third-order valence-corrected chi connectivity index (χ3v) is 5.50. The van der Waals surface area contributed by atoms with Crippen LogP contribution in [0.4, 0.5) is 15.8 Å². The minimum Gasteiger partial charge on any atom is -0.494 e. The molecule has 0 saturated carbocycles. The highest BCUT2D eigenvalue weighted by Crippen LogP contribution is 2.38. The van der Waals surface area contributed by atoms with Crippen LogP contribution in [0.1, 0.15) is 32.2 Å². The summed E-state index contributed by atoms with van der Waals surface area (Å²) in [6.07, 6.45) is -0.227. The van der Waals surface area contributed by atoms with Gasteiger partial charge in [-0.1, -0.05) is 6.07 Å². The first kappa shape index (κ1) is 24.8. The fourth-order valence-electron chi connectivity index (χ4n) is 3.93. The maximum Gasteiger partial charge on any atom is 0.188 e. The van der Waals surface area contributed by atoms with Crippen LogP contribution in [0.3, 0.4) is 0 Å². The molecule has 36 heavy (non-hydrogen) atoms. The average Bonchev–Trinajstić information content (AvgIpc) is 3.27. The number of methoxy groups -OCH3 is 1. The monoisotopic (exact) mass is 491 g/mol. The summed E-state index contributed by atoms with van der Waals surface area (Å²) in [5, 5.41) is 7.70. The zero-order valence-corrected chi connectivity index (χ0v) is 20.8. The first-order valence-electron chi connectivity index (χ1n) is 11.7. The van der Waals surface area contributed by atoms with Crippen molar-refractivity contribution < 1.29 is 18.6 Å². The van der Waals surface area contributed by atoms with E-state index < -0.39 is 5.82 Å². The third-order valence-electron chi connectivity index (χ3n) is 5.50. The number of nitrogen functional groups attached to an aromatic ring is 1. The summed E-state index contributed by atoms with van der Waals surface area (Å²) in [4.78, 5) is 9.80. The second kappa shape index (κ2) is 10.6. The van der Waals surface area contributed by atoms with Gasteiger partial charge in [-0.3, -0.25) is 5.41 Å². The van der Waals surface area contributed by atoms with Crippen molar-refractivity contribution in [3.05, 3.63) is 71.8 Å². The van der Waals surface area contributed by atoms with Gasteiger partial charge in [0, 0.05) is 23.4 Å². The van der Waals surface area contributed by atoms with E-state index in [1.165, 1.54) is 0 Å². The van der Waals surface area contributed by atoms with Crippen LogP contribution in [-0.4, -0.2) is 35.6 Å². The number of nitrogens with two attached hydrogens (primary N) is 1. The number of imidazole rings is 1. The summed E-state index contributed by atoms with van der Waals surface area (Å²) < 4.78 is 32.8. The standard InChI is InChI=1S/C27H30FN5O3/c1-5-35-19-13-21(25(28)23(14-19)36-16(2)3)33(18-11-9-17(10-12-18)27(29)30)15-24-31-20-7-6-8-22(34-4)26(20)32-24/h6-14,16H,5,15H2,1-4H3,(H3,29,30)(H,31,32). The second-order valence-electron chi connectivity index (χ2n) is 8.44. The molecular weight excluding hydrogens is 461 g/mol. The summed E-state index contributed by atoms with van der Waals surface area (Å²) in [5.41, 5.74) is 8.65. The number of nitrogens with zero attached hydrogens (tertiary/aromatic N) is 2. The molecule has 0 aliphatic carbocycles. The molecule has 0 aliphatic rings. The summed E-state index contributed by atoms with van der Waals surface area (Å²) in [6.45, 7) is 6.18. The molecule has 0 radical (unpaired) electrons. The van der Waals surface area contributed by atoms with Gasteiger partial charge in [-0.2, -0.15) is 0 Å². The normalized spacial score (nSPS) is 11.1. The molecule has 0 saturated heterocycles. The number of ether oxygens (including phenoxy) is 3. The van der Waals surface area contributed by atoms with Gasteiger partial charge in [-0.25, -0.2) is 9.37 Å². The van der Waals surface area contributed by atoms with Gasteiger partial charge < -0.3 is 29.8 Å². The molecule has 0 unspecified atom stereocenters. The van der Waals surface area contributed by atoms with E-state index in [0.29, 0.717) is 40.7 Å². The molecule has 4 N–H and O–H groups in total. The molecule has 4 aromatic rings. The first-order valence-corrected chi connectivity index (χ1v) is 11.7. The Balaban J connectivity index is 1.85. The Morgan fingerprint density at radius 1 is 1.14 bits per heavy atom. The van der Waals surface area contributed by atoms with Crippen molar-refractivity contribution in [3.8, 4) is 17.2 Å². The zero-order valence-electron chi connectivity index (χ0n) is 20.8. The number of aromatic nitrogens is 2. The molecule has 0 atom stereocenters. The molecule has 3 aromatic carbocycles. The van der Waals surface area contributed by atoms with Gasteiger partial charge in [0.25, 0.3) is 0 Å². The number of amidine groups is 1. The van der Waals surface area contributed by atoms with Crippen LogP contribution in [0.2, 0.25) is 0 Å². The lowest BCUT2D eigenvalue weighted by molar-refractivity contribution is 0.229. The van der Waals surface area contributed by atoms with Crippen LogP contribution in [0, 0.1) is 11.2 Å². The smallest absolute Gasteiger partial charge is 0.188 e. The van der Waals surface area contributed by atoms with Gasteiger partial charge in [0.1, 0.15) is 28.7 Å². The summed E-state index contributed by atoms with van der Waals surface area (Å²) >= 11 is 0. The van der Waals surface area contributed by atoms with Gasteiger partial charge >= 0.3 is 0 Å². The number of hydrogen-bond acceptors (Lipinski definition) is 6. The van der Waals surface area contributed by atoms with Gasteiger partial charge in [-0.05, 0) is 57.2 Å². The van der Waals surface area contributed by atoms with Crippen molar-refractivity contribution in [2.75, 3.05) is 18.6 Å². The molecule has 9 heteroatoms. The molecule has 188 valence electrons. The predicted molar refractivity (Wildman–Crippen MR) is 139 cm³/mol. The number of benzene rings is 3. The Morgan fingerprint density at radius 2 is 1.89 bits per heavy atom. The predicted octanol–water partition coefficient (Wildman–Crippen LogP) is 5.52. The van der Waals surface area contributed by atoms with Crippen molar-refractivity contribution in [2.45, 2.75) is 33.4 Å². The maximum atomic E-state index is 15.9. The van der Waals surface area contributed by atoms with Gasteiger partial charge in [0.15, 0.2) is 11.6 Å². The number of anilines is 2. The number of fused-ring (bicyclic) bond motifs is 1. The average molecular weight is 492 g/mol. The maximum absolute atomic E-state index is 15.9. The fourth-order valence-corrected chi connectivity index (χ4v) is 3.93. The quantitative estimate of drug-likeness (QED) is 0.199. The van der Waals surface area contributed by atoms with Crippen LogP contribution in [0.25, 0.3) is 11.0 Å². The summed E-state index contributed by atoms with van der Waals surface area (Å²) in [5.74, 6) is 1.28. The van der Waals surface area contributed by atoms with Crippen LogP contribution >= 0.6 is 0 Å². The molecule has 0 aliphatic heterocycles. The number of rotatable bonds is 10. The lowest BCUT2D eigenvalue weighted by Gasteiger charge is -2.26. The lowest BCUT2D eigenvalue weighted by Crippen LogP contribution is -2.20. The Hall–Kier alpha value is -4.27. The summed E-state index contributed by atoms with van der Waals surface area (Å²) in [7, 11) is 1.59. The Bertz CT molecular complexity index is 1370. The number of H-pyrrole nitrogens is 1. The minimum absolute atomic E-state index is 0.0466. The van der Waals surface area contributed by atoms with Crippen molar-refractivity contribution in [1.82, 2.24) is 9.97 Å². The summed E-state index contributed by atoms with van der Waals surface area (Å²) in [6, 6.07) is 15.9. The van der Waals surface area contributed by atoms with E-state index in [1.54, 1.807) is 48.4 Å². The number of nitrogens with one attached hydrogen (secondary N) is 2. The molecule has 1 heterocycles. The largest absolute Gasteiger partial charge is 0.494 e. The Morgan fingerprint density at radius 3 is 2.53 bits per heavy atom. The highest BCUT2D eigenvalue weighted by Gasteiger charge is 2.22. The van der Waals surface area contributed by atoms with Crippen LogP contribution in [-0.2, 0) is 6.54 Å². The van der Waals surface area contributed by atoms with E-state index >= 15 is 4.39 Å².